The summed E-state index contributed by atoms with van der Waals surface area (Å²) in [5.74, 6) is 0.895. The van der Waals surface area contributed by atoms with Crippen molar-refractivity contribution in [3.8, 4) is 11.4 Å². The SMILES string of the molecule is CC(C)[Si](O)(O)/C=C/c1cccc(-c2nc3ccccc3n2C)c1. The second kappa shape index (κ2) is 6.35. The summed E-state index contributed by atoms with van der Waals surface area (Å²) in [6.45, 7) is 3.65. The fourth-order valence-electron chi connectivity index (χ4n) is 2.60. The first-order chi connectivity index (χ1) is 11.4. The van der Waals surface area contributed by atoms with Crippen LogP contribution in [0.5, 0.6) is 0 Å². The van der Waals surface area contributed by atoms with Crippen molar-refractivity contribution < 1.29 is 9.59 Å². The molecule has 0 saturated heterocycles. The number of para-hydroxylation sites is 2. The molecule has 0 bridgehead atoms. The van der Waals surface area contributed by atoms with Gasteiger partial charge in [0.05, 0.1) is 11.0 Å². The van der Waals surface area contributed by atoms with Crippen molar-refractivity contribution in [3.63, 3.8) is 0 Å². The highest BCUT2D eigenvalue weighted by molar-refractivity contribution is 6.72. The number of hydrogen-bond acceptors (Lipinski definition) is 3. The van der Waals surface area contributed by atoms with Gasteiger partial charge in [0.15, 0.2) is 0 Å². The Labute approximate surface area is 143 Å². The van der Waals surface area contributed by atoms with Gasteiger partial charge in [-0.05, 0) is 29.5 Å². The smallest absolute Gasteiger partial charge is 0.362 e. The Morgan fingerprint density at radius 3 is 2.54 bits per heavy atom. The van der Waals surface area contributed by atoms with Gasteiger partial charge < -0.3 is 14.2 Å². The molecule has 24 heavy (non-hydrogen) atoms. The van der Waals surface area contributed by atoms with Gasteiger partial charge in [0.2, 0.25) is 0 Å². The highest BCUT2D eigenvalue weighted by Crippen LogP contribution is 2.25. The van der Waals surface area contributed by atoms with Crippen LogP contribution in [-0.4, -0.2) is 27.7 Å². The first kappa shape index (κ1) is 16.6. The number of benzene rings is 2. The Kier molecular flexibility index (Phi) is 4.41. The van der Waals surface area contributed by atoms with Gasteiger partial charge in [0.1, 0.15) is 5.82 Å². The summed E-state index contributed by atoms with van der Waals surface area (Å²) < 4.78 is 2.07. The maximum absolute atomic E-state index is 10.1. The minimum absolute atomic E-state index is 0.142. The third kappa shape index (κ3) is 3.19. The summed E-state index contributed by atoms with van der Waals surface area (Å²) in [4.78, 5) is 24.8. The van der Waals surface area contributed by atoms with Crippen LogP contribution in [0, 0.1) is 0 Å². The van der Waals surface area contributed by atoms with Gasteiger partial charge >= 0.3 is 8.56 Å². The highest BCUT2D eigenvalue weighted by Gasteiger charge is 2.29. The maximum atomic E-state index is 10.1. The number of fused-ring (bicyclic) bond motifs is 1. The molecule has 0 saturated carbocycles. The largest absolute Gasteiger partial charge is 0.408 e. The molecule has 0 spiro atoms. The monoisotopic (exact) mass is 338 g/mol. The molecule has 2 N–H and O–H groups in total. The fraction of sp³-hybridized carbons (Fsp3) is 0.211. The van der Waals surface area contributed by atoms with Gasteiger partial charge in [-0.1, -0.05) is 50.3 Å². The summed E-state index contributed by atoms with van der Waals surface area (Å²) in [6.07, 6.45) is 1.79. The van der Waals surface area contributed by atoms with E-state index in [-0.39, 0.29) is 5.54 Å². The molecule has 0 aliphatic carbocycles. The quantitative estimate of drug-likeness (QED) is 0.714. The minimum atomic E-state index is -3.30. The van der Waals surface area contributed by atoms with Gasteiger partial charge in [-0.15, -0.1) is 0 Å². The van der Waals surface area contributed by atoms with Gasteiger partial charge in [-0.25, -0.2) is 4.98 Å². The van der Waals surface area contributed by atoms with Gasteiger partial charge in [0.25, 0.3) is 0 Å². The van der Waals surface area contributed by atoms with Crippen molar-refractivity contribution in [1.29, 1.82) is 0 Å². The molecule has 0 atom stereocenters. The molecule has 3 rings (SSSR count). The standard InChI is InChI=1S/C19H22N2O2Si/c1-14(2)24(22,23)12-11-15-7-6-8-16(13-15)19-20-17-9-4-5-10-18(17)21(19)3/h4-14,22-23H,1-3H3/b12-11+. The van der Waals surface area contributed by atoms with Crippen molar-refractivity contribution in [2.45, 2.75) is 19.4 Å². The van der Waals surface area contributed by atoms with E-state index in [0.29, 0.717) is 0 Å². The number of nitrogens with zero attached hydrogens (tertiary/aromatic N) is 2. The Hall–Kier alpha value is -2.21. The lowest BCUT2D eigenvalue weighted by atomic mass is 10.1. The normalized spacial score (nSPS) is 12.6. The van der Waals surface area contributed by atoms with E-state index in [9.17, 15) is 9.59 Å². The van der Waals surface area contributed by atoms with Gasteiger partial charge in [0, 0.05) is 18.2 Å². The molecular formula is C19H22N2O2Si. The number of hydrogen-bond donors (Lipinski definition) is 2. The van der Waals surface area contributed by atoms with Gasteiger partial charge in [-0.3, -0.25) is 0 Å². The zero-order chi connectivity index (χ0) is 17.3. The van der Waals surface area contributed by atoms with Crippen molar-refractivity contribution >= 4 is 25.7 Å². The molecule has 3 aromatic rings. The molecule has 0 unspecified atom stereocenters. The van der Waals surface area contributed by atoms with Crippen LogP contribution in [0.4, 0.5) is 0 Å². The summed E-state index contributed by atoms with van der Waals surface area (Å²) in [6, 6.07) is 16.0. The van der Waals surface area contributed by atoms with Crippen molar-refractivity contribution in [2.75, 3.05) is 0 Å². The molecule has 2 aromatic carbocycles. The van der Waals surface area contributed by atoms with Crippen LogP contribution in [0.15, 0.2) is 54.2 Å². The Bertz CT molecular complexity index is 897. The molecule has 4 nitrogen and oxygen atoms in total. The second-order valence-corrected chi connectivity index (χ2v) is 9.43. The van der Waals surface area contributed by atoms with E-state index in [2.05, 4.69) is 10.6 Å². The molecular weight excluding hydrogens is 316 g/mol. The zero-order valence-corrected chi connectivity index (χ0v) is 15.1. The summed E-state index contributed by atoms with van der Waals surface area (Å²) in [5, 5.41) is 0. The van der Waals surface area contributed by atoms with E-state index >= 15 is 0 Å². The van der Waals surface area contributed by atoms with Crippen LogP contribution in [0.3, 0.4) is 0 Å². The van der Waals surface area contributed by atoms with Crippen molar-refractivity contribution in [3.05, 3.63) is 59.8 Å². The summed E-state index contributed by atoms with van der Waals surface area (Å²) in [5.41, 5.74) is 5.41. The number of imidazole rings is 1. The molecule has 1 aromatic heterocycles. The van der Waals surface area contributed by atoms with E-state index in [0.717, 1.165) is 28.0 Å². The van der Waals surface area contributed by atoms with E-state index in [4.69, 9.17) is 4.98 Å². The first-order valence-corrected chi connectivity index (χ1v) is 10.1. The topological polar surface area (TPSA) is 58.3 Å². The molecule has 0 aliphatic rings. The Morgan fingerprint density at radius 2 is 1.83 bits per heavy atom. The van der Waals surface area contributed by atoms with E-state index in [1.807, 2.05) is 63.4 Å². The Morgan fingerprint density at radius 1 is 1.08 bits per heavy atom. The molecule has 0 amide bonds. The third-order valence-corrected chi connectivity index (χ3v) is 6.66. The van der Waals surface area contributed by atoms with Crippen LogP contribution in [-0.2, 0) is 7.05 Å². The van der Waals surface area contributed by atoms with Gasteiger partial charge in [-0.2, -0.15) is 0 Å². The van der Waals surface area contributed by atoms with Crippen LogP contribution in [0.25, 0.3) is 28.5 Å². The van der Waals surface area contributed by atoms with E-state index in [1.54, 1.807) is 11.8 Å². The Balaban J connectivity index is 1.98. The minimum Gasteiger partial charge on any atom is -0.408 e. The van der Waals surface area contributed by atoms with E-state index < -0.39 is 8.56 Å². The maximum Gasteiger partial charge on any atom is 0.362 e. The van der Waals surface area contributed by atoms with Crippen LogP contribution < -0.4 is 0 Å². The first-order valence-electron chi connectivity index (χ1n) is 8.04. The van der Waals surface area contributed by atoms with Crippen molar-refractivity contribution in [1.82, 2.24) is 9.55 Å². The number of aryl methyl sites for hydroxylation is 1. The average Bonchev–Trinajstić information content (AvgIpc) is 2.91. The molecule has 0 fully saturated rings. The predicted octanol–water partition coefficient (Wildman–Crippen LogP) is 3.63. The average molecular weight is 338 g/mol. The lowest BCUT2D eigenvalue weighted by Crippen LogP contribution is -2.35. The lowest BCUT2D eigenvalue weighted by molar-refractivity contribution is 0.364. The van der Waals surface area contributed by atoms with Crippen molar-refractivity contribution in [2.24, 2.45) is 7.05 Å². The fourth-order valence-corrected chi connectivity index (χ4v) is 3.42. The number of rotatable bonds is 4. The lowest BCUT2D eigenvalue weighted by Gasteiger charge is -2.17. The molecule has 0 radical (unpaired) electrons. The molecule has 124 valence electrons. The zero-order valence-electron chi connectivity index (χ0n) is 14.1. The third-order valence-electron chi connectivity index (χ3n) is 4.30. The molecule has 0 aliphatic heterocycles. The number of aromatic nitrogens is 2. The summed E-state index contributed by atoms with van der Waals surface area (Å²) in [7, 11) is -1.29. The van der Waals surface area contributed by atoms with Crippen LogP contribution in [0.1, 0.15) is 19.4 Å². The molecule has 1 heterocycles. The summed E-state index contributed by atoms with van der Waals surface area (Å²) >= 11 is 0. The second-order valence-electron chi connectivity index (χ2n) is 6.38. The van der Waals surface area contributed by atoms with Crippen LogP contribution in [0.2, 0.25) is 5.54 Å². The van der Waals surface area contributed by atoms with Crippen LogP contribution >= 0.6 is 0 Å². The highest BCUT2D eigenvalue weighted by atomic mass is 28.4. The predicted molar refractivity (Wildman–Crippen MR) is 100 cm³/mol. The van der Waals surface area contributed by atoms with E-state index in [1.165, 1.54) is 0 Å². The molecule has 5 heteroatoms.